The molecule has 9 nitrogen and oxygen atoms in total. The number of hydrogen-bond donors (Lipinski definition) is 6. The number of carboxylic acid groups (broad SMARTS) is 3. The largest absolute Gasteiger partial charge is 0.465 e. The Kier molecular flexibility index (Phi) is 20.2. The van der Waals surface area contributed by atoms with Gasteiger partial charge in [0.15, 0.2) is 0 Å². The monoisotopic (exact) mass is 267 g/mol. The zero-order chi connectivity index (χ0) is 15.0. The first kappa shape index (κ1) is 21.1. The van der Waals surface area contributed by atoms with Gasteiger partial charge in [-0.2, -0.15) is 0 Å². The van der Waals surface area contributed by atoms with Gasteiger partial charge in [0.25, 0.3) is 0 Å². The van der Waals surface area contributed by atoms with Gasteiger partial charge in [0.1, 0.15) is 0 Å². The molecule has 0 bridgehead atoms. The fraction of sp³-hybridized carbons (Fsp3) is 0.667. The zero-order valence-electron chi connectivity index (χ0n) is 10.0. The maximum Gasteiger partial charge on any atom is 0.402 e. The van der Waals surface area contributed by atoms with E-state index in [-0.39, 0.29) is 0 Å². The number of rotatable bonds is 0. The fourth-order valence-corrected chi connectivity index (χ4v) is 1.06. The molecule has 3 amide bonds. The number of nitrogens with two attached hydrogens (primary N) is 3. The standard InChI is InChI=1S/C6H12.3CH3NO2/c1-2-4-6-5-3-1;3*2-1(3)4/h1-6H2;3*2H2,(H,3,4). The molecular formula is C9H21N3O6. The number of primary amides is 3. The van der Waals surface area contributed by atoms with Gasteiger partial charge in [-0.15, -0.1) is 0 Å². The first-order valence-electron chi connectivity index (χ1n) is 5.15. The van der Waals surface area contributed by atoms with E-state index >= 15 is 0 Å². The third-order valence-corrected chi connectivity index (χ3v) is 1.50. The van der Waals surface area contributed by atoms with Crippen LogP contribution in [-0.4, -0.2) is 33.6 Å². The minimum absolute atomic E-state index is 1.33. The van der Waals surface area contributed by atoms with Crippen molar-refractivity contribution in [1.82, 2.24) is 0 Å². The molecule has 0 radical (unpaired) electrons. The Labute approximate surface area is 105 Å². The Bertz CT molecular complexity index is 178. The van der Waals surface area contributed by atoms with Gasteiger partial charge in [-0.25, -0.2) is 14.4 Å². The smallest absolute Gasteiger partial charge is 0.402 e. The minimum atomic E-state index is -1.33. The molecule has 1 saturated carbocycles. The summed E-state index contributed by atoms with van der Waals surface area (Å²) in [7, 11) is 0. The third-order valence-electron chi connectivity index (χ3n) is 1.50. The average Bonchev–Trinajstić information content (AvgIpc) is 2.17. The Morgan fingerprint density at radius 1 is 0.556 bits per heavy atom. The van der Waals surface area contributed by atoms with Crippen molar-refractivity contribution in [3.63, 3.8) is 0 Å². The van der Waals surface area contributed by atoms with E-state index in [1.54, 1.807) is 0 Å². The van der Waals surface area contributed by atoms with Crippen LogP contribution in [0.15, 0.2) is 0 Å². The summed E-state index contributed by atoms with van der Waals surface area (Å²) in [5.74, 6) is 0. The third kappa shape index (κ3) is 156. The summed E-state index contributed by atoms with van der Waals surface area (Å²) < 4.78 is 0. The van der Waals surface area contributed by atoms with Crippen molar-refractivity contribution in [3.05, 3.63) is 0 Å². The van der Waals surface area contributed by atoms with Gasteiger partial charge in [-0.05, 0) is 0 Å². The second-order valence-corrected chi connectivity index (χ2v) is 3.14. The van der Waals surface area contributed by atoms with E-state index < -0.39 is 18.3 Å². The molecule has 0 heterocycles. The number of hydrogen-bond acceptors (Lipinski definition) is 3. The van der Waals surface area contributed by atoms with Crippen molar-refractivity contribution in [2.45, 2.75) is 38.5 Å². The van der Waals surface area contributed by atoms with E-state index in [1.807, 2.05) is 0 Å². The number of carbonyl (C=O) groups is 3. The fourth-order valence-electron chi connectivity index (χ4n) is 1.06. The normalized spacial score (nSPS) is 12.0. The minimum Gasteiger partial charge on any atom is -0.465 e. The van der Waals surface area contributed by atoms with Crippen molar-refractivity contribution in [3.8, 4) is 0 Å². The van der Waals surface area contributed by atoms with Crippen molar-refractivity contribution in [2.24, 2.45) is 17.2 Å². The predicted octanol–water partition coefficient (Wildman–Crippen LogP) is 1.21. The van der Waals surface area contributed by atoms with Gasteiger partial charge in [0.05, 0.1) is 0 Å². The molecule has 0 aromatic carbocycles. The lowest BCUT2D eigenvalue weighted by atomic mass is 10.0. The van der Waals surface area contributed by atoms with Crippen molar-refractivity contribution in [1.29, 1.82) is 0 Å². The molecule has 0 atom stereocenters. The molecule has 1 rings (SSSR count). The summed E-state index contributed by atoms with van der Waals surface area (Å²) in [6.07, 6.45) is 5.00. The van der Waals surface area contributed by atoms with Crippen LogP contribution in [-0.2, 0) is 0 Å². The lowest BCUT2D eigenvalue weighted by molar-refractivity contribution is 0.204. The van der Waals surface area contributed by atoms with Crippen LogP contribution in [0.25, 0.3) is 0 Å². The summed E-state index contributed by atoms with van der Waals surface area (Å²) >= 11 is 0. The second-order valence-electron chi connectivity index (χ2n) is 3.14. The highest BCUT2D eigenvalue weighted by atomic mass is 16.4. The quantitative estimate of drug-likeness (QED) is 0.382. The van der Waals surface area contributed by atoms with E-state index in [0.29, 0.717) is 0 Å². The predicted molar refractivity (Wildman–Crippen MR) is 64.3 cm³/mol. The van der Waals surface area contributed by atoms with Gasteiger partial charge in [0.2, 0.25) is 0 Å². The summed E-state index contributed by atoms with van der Waals surface area (Å²) in [6.45, 7) is 0. The summed E-state index contributed by atoms with van der Waals surface area (Å²) in [6, 6.07) is 0. The first-order valence-corrected chi connectivity index (χ1v) is 5.15. The topological polar surface area (TPSA) is 190 Å². The molecule has 0 aliphatic heterocycles. The molecule has 18 heavy (non-hydrogen) atoms. The molecule has 0 aromatic heterocycles. The summed E-state index contributed by atoms with van der Waals surface area (Å²) in [4.78, 5) is 26.3. The highest BCUT2D eigenvalue weighted by molar-refractivity contribution is 5.62. The van der Waals surface area contributed by atoms with E-state index in [2.05, 4.69) is 17.2 Å². The molecular weight excluding hydrogens is 246 g/mol. The molecule has 1 aliphatic rings. The average molecular weight is 267 g/mol. The van der Waals surface area contributed by atoms with Crippen LogP contribution in [0, 0.1) is 0 Å². The molecule has 108 valence electrons. The van der Waals surface area contributed by atoms with Gasteiger partial charge in [-0.1, -0.05) is 38.5 Å². The molecule has 1 aliphatic carbocycles. The van der Waals surface area contributed by atoms with Gasteiger partial charge < -0.3 is 32.5 Å². The summed E-state index contributed by atoms with van der Waals surface area (Å²) in [5, 5.41) is 21.6. The van der Waals surface area contributed by atoms with E-state index in [9.17, 15) is 0 Å². The van der Waals surface area contributed by atoms with Crippen molar-refractivity contribution in [2.75, 3.05) is 0 Å². The Hall–Kier alpha value is -2.19. The van der Waals surface area contributed by atoms with E-state index in [0.717, 1.165) is 0 Å². The van der Waals surface area contributed by atoms with Crippen LogP contribution in [0.3, 0.4) is 0 Å². The lowest BCUT2D eigenvalue weighted by Crippen LogP contribution is -2.03. The molecule has 0 unspecified atom stereocenters. The van der Waals surface area contributed by atoms with Gasteiger partial charge in [0, 0.05) is 0 Å². The van der Waals surface area contributed by atoms with E-state index in [4.69, 9.17) is 29.7 Å². The summed E-state index contributed by atoms with van der Waals surface area (Å²) in [5.41, 5.74) is 12.1. The maximum absolute atomic E-state index is 8.78. The van der Waals surface area contributed by atoms with Crippen LogP contribution in [0.2, 0.25) is 0 Å². The number of amides is 3. The van der Waals surface area contributed by atoms with Crippen LogP contribution in [0.5, 0.6) is 0 Å². The molecule has 0 saturated heterocycles. The zero-order valence-corrected chi connectivity index (χ0v) is 10.0. The Morgan fingerprint density at radius 2 is 0.611 bits per heavy atom. The second kappa shape index (κ2) is 17.2. The maximum atomic E-state index is 8.78. The molecule has 9 heteroatoms. The lowest BCUT2D eigenvalue weighted by Gasteiger charge is -2.05. The van der Waals surface area contributed by atoms with Crippen LogP contribution >= 0.6 is 0 Å². The Balaban J connectivity index is -0.000000171. The van der Waals surface area contributed by atoms with Crippen molar-refractivity contribution >= 4 is 18.3 Å². The Morgan fingerprint density at radius 3 is 0.667 bits per heavy atom. The van der Waals surface area contributed by atoms with Gasteiger partial charge in [-0.3, -0.25) is 0 Å². The van der Waals surface area contributed by atoms with E-state index in [1.165, 1.54) is 38.5 Å². The van der Waals surface area contributed by atoms with Crippen molar-refractivity contribution < 1.29 is 29.7 Å². The highest BCUT2D eigenvalue weighted by Crippen LogP contribution is 2.15. The first-order chi connectivity index (χ1) is 8.20. The molecule has 0 aromatic rings. The van der Waals surface area contributed by atoms with Gasteiger partial charge >= 0.3 is 18.3 Å². The molecule has 0 spiro atoms. The SMILES string of the molecule is C1CCCCC1.NC(=O)O.NC(=O)O.NC(=O)O. The van der Waals surface area contributed by atoms with Crippen LogP contribution in [0.1, 0.15) is 38.5 Å². The van der Waals surface area contributed by atoms with Crippen LogP contribution < -0.4 is 17.2 Å². The highest BCUT2D eigenvalue weighted by Gasteiger charge is 1.95. The molecule has 9 N–H and O–H groups in total. The van der Waals surface area contributed by atoms with Crippen LogP contribution in [0.4, 0.5) is 14.4 Å². The molecule has 1 fully saturated rings.